The molecule has 0 bridgehead atoms. The van der Waals surface area contributed by atoms with Crippen LogP contribution in [0.2, 0.25) is 0 Å². The van der Waals surface area contributed by atoms with Crippen LogP contribution in [0.3, 0.4) is 0 Å². The number of rotatable bonds is 9. The fourth-order valence-electron chi connectivity index (χ4n) is 3.41. The average Bonchev–Trinajstić information content (AvgIpc) is 3.42. The molecule has 6 nitrogen and oxygen atoms in total. The van der Waals surface area contributed by atoms with E-state index in [4.69, 9.17) is 4.42 Å². The van der Waals surface area contributed by atoms with E-state index in [0.717, 1.165) is 22.8 Å². The van der Waals surface area contributed by atoms with Gasteiger partial charge in [0.15, 0.2) is 16.8 Å². The third-order valence-corrected chi connectivity index (χ3v) is 6.18. The van der Waals surface area contributed by atoms with Crippen LogP contribution in [-0.2, 0) is 13.1 Å². The van der Waals surface area contributed by atoms with Gasteiger partial charge in [-0.15, -0.1) is 10.2 Å². The van der Waals surface area contributed by atoms with Crippen molar-refractivity contribution in [2.75, 3.05) is 11.1 Å². The van der Waals surface area contributed by atoms with Gasteiger partial charge in [0.2, 0.25) is 0 Å². The fraction of sp³-hybridized carbons (Fsp3) is 0.240. The molecule has 0 atom stereocenters. The van der Waals surface area contributed by atoms with Gasteiger partial charge in [0.05, 0.1) is 25.1 Å². The van der Waals surface area contributed by atoms with Crippen molar-refractivity contribution in [3.63, 3.8) is 0 Å². The van der Waals surface area contributed by atoms with Crippen molar-refractivity contribution in [1.82, 2.24) is 14.8 Å². The first-order valence-corrected chi connectivity index (χ1v) is 11.5. The molecule has 0 unspecified atom stereocenters. The van der Waals surface area contributed by atoms with Crippen LogP contribution >= 0.6 is 11.8 Å². The minimum Gasteiger partial charge on any atom is -0.467 e. The Morgan fingerprint density at radius 3 is 2.53 bits per heavy atom. The molecule has 7 heteroatoms. The molecule has 0 aliphatic heterocycles. The number of benzene rings is 2. The van der Waals surface area contributed by atoms with Gasteiger partial charge in [-0.25, -0.2) is 0 Å². The number of furan rings is 1. The monoisotopic (exact) mass is 446 g/mol. The summed E-state index contributed by atoms with van der Waals surface area (Å²) in [4.78, 5) is 12.6. The molecule has 0 amide bonds. The van der Waals surface area contributed by atoms with Crippen LogP contribution in [0.1, 0.15) is 38.6 Å². The van der Waals surface area contributed by atoms with E-state index in [1.807, 2.05) is 47.9 Å². The Labute approximate surface area is 192 Å². The van der Waals surface area contributed by atoms with Gasteiger partial charge in [-0.05, 0) is 44.5 Å². The number of carbonyl (C=O) groups is 1. The summed E-state index contributed by atoms with van der Waals surface area (Å²) in [5.41, 5.74) is 5.31. The molecule has 0 saturated carbocycles. The van der Waals surface area contributed by atoms with Crippen molar-refractivity contribution < 1.29 is 9.21 Å². The molecule has 164 valence electrons. The number of ketones is 1. The number of anilines is 1. The van der Waals surface area contributed by atoms with Crippen molar-refractivity contribution in [3.05, 3.63) is 94.7 Å². The molecule has 4 rings (SSSR count). The zero-order valence-corrected chi connectivity index (χ0v) is 19.3. The van der Waals surface area contributed by atoms with E-state index < -0.39 is 0 Å². The number of nitrogens with one attached hydrogen (secondary N) is 1. The SMILES string of the molecule is Cc1ccc(C(=O)CSc2nnc(CNc3ccc(C)cc3C)n2Cc2ccco2)cc1. The zero-order valence-electron chi connectivity index (χ0n) is 18.5. The molecular formula is C25H26N4O2S. The molecule has 0 saturated heterocycles. The highest BCUT2D eigenvalue weighted by atomic mass is 32.2. The summed E-state index contributed by atoms with van der Waals surface area (Å²) in [5.74, 6) is 1.96. The van der Waals surface area contributed by atoms with Crippen molar-refractivity contribution in [1.29, 1.82) is 0 Å². The molecular weight excluding hydrogens is 420 g/mol. The highest BCUT2D eigenvalue weighted by Crippen LogP contribution is 2.22. The average molecular weight is 447 g/mol. The predicted octanol–water partition coefficient (Wildman–Crippen LogP) is 5.43. The van der Waals surface area contributed by atoms with E-state index in [0.29, 0.717) is 29.6 Å². The summed E-state index contributed by atoms with van der Waals surface area (Å²) in [5, 5.41) is 12.9. The lowest BCUT2D eigenvalue weighted by Crippen LogP contribution is -2.12. The van der Waals surface area contributed by atoms with Crippen LogP contribution in [0, 0.1) is 20.8 Å². The predicted molar refractivity (Wildman–Crippen MR) is 127 cm³/mol. The molecule has 4 aromatic rings. The molecule has 2 heterocycles. The zero-order chi connectivity index (χ0) is 22.5. The molecule has 0 fully saturated rings. The van der Waals surface area contributed by atoms with Gasteiger partial charge in [0, 0.05) is 11.3 Å². The van der Waals surface area contributed by atoms with Gasteiger partial charge in [0.1, 0.15) is 5.76 Å². The second-order valence-corrected chi connectivity index (χ2v) is 8.76. The largest absolute Gasteiger partial charge is 0.467 e. The second kappa shape index (κ2) is 9.87. The lowest BCUT2D eigenvalue weighted by Gasteiger charge is -2.12. The van der Waals surface area contributed by atoms with Gasteiger partial charge in [-0.2, -0.15) is 0 Å². The quantitative estimate of drug-likeness (QED) is 0.273. The van der Waals surface area contributed by atoms with E-state index in [9.17, 15) is 4.79 Å². The first-order valence-electron chi connectivity index (χ1n) is 10.5. The first-order chi connectivity index (χ1) is 15.5. The Morgan fingerprint density at radius 2 is 1.81 bits per heavy atom. The van der Waals surface area contributed by atoms with E-state index in [2.05, 4.69) is 47.6 Å². The maximum Gasteiger partial charge on any atom is 0.192 e. The molecule has 0 aliphatic carbocycles. The lowest BCUT2D eigenvalue weighted by atomic mass is 10.1. The number of nitrogens with zero attached hydrogens (tertiary/aromatic N) is 3. The van der Waals surface area contributed by atoms with Crippen LogP contribution in [-0.4, -0.2) is 26.3 Å². The van der Waals surface area contributed by atoms with Crippen molar-refractivity contribution >= 4 is 23.2 Å². The minimum absolute atomic E-state index is 0.0671. The fourth-order valence-corrected chi connectivity index (χ4v) is 4.26. The number of hydrogen-bond donors (Lipinski definition) is 1. The van der Waals surface area contributed by atoms with Gasteiger partial charge in [0.25, 0.3) is 0 Å². The first kappa shape index (κ1) is 21.9. The highest BCUT2D eigenvalue weighted by molar-refractivity contribution is 7.99. The summed E-state index contributed by atoms with van der Waals surface area (Å²) in [6, 6.07) is 17.7. The number of carbonyl (C=O) groups excluding carboxylic acids is 1. The number of aryl methyl sites for hydroxylation is 3. The van der Waals surface area contributed by atoms with E-state index in [1.165, 1.54) is 22.9 Å². The van der Waals surface area contributed by atoms with Crippen LogP contribution in [0.5, 0.6) is 0 Å². The Hall–Kier alpha value is -3.32. The molecule has 32 heavy (non-hydrogen) atoms. The van der Waals surface area contributed by atoms with Crippen molar-refractivity contribution in [2.24, 2.45) is 0 Å². The Balaban J connectivity index is 1.50. The molecule has 1 N–H and O–H groups in total. The number of thioether (sulfide) groups is 1. The molecule has 0 aliphatic rings. The van der Waals surface area contributed by atoms with E-state index in [1.54, 1.807) is 6.26 Å². The molecule has 0 radical (unpaired) electrons. The minimum atomic E-state index is 0.0671. The maximum absolute atomic E-state index is 12.6. The topological polar surface area (TPSA) is 73.0 Å². The number of aromatic nitrogens is 3. The summed E-state index contributed by atoms with van der Waals surface area (Å²) >= 11 is 1.39. The smallest absolute Gasteiger partial charge is 0.192 e. The number of hydrogen-bond acceptors (Lipinski definition) is 6. The summed E-state index contributed by atoms with van der Waals surface area (Å²) < 4.78 is 7.55. The van der Waals surface area contributed by atoms with Crippen molar-refractivity contribution in [2.45, 2.75) is 39.0 Å². The Morgan fingerprint density at radius 1 is 1.03 bits per heavy atom. The Bertz CT molecular complexity index is 1200. The second-order valence-electron chi connectivity index (χ2n) is 7.81. The summed E-state index contributed by atoms with van der Waals surface area (Å²) in [6.07, 6.45) is 1.65. The Kier molecular flexibility index (Phi) is 6.75. The standard InChI is InChI=1S/C25H26N4O2S/c1-17-6-9-20(10-7-17)23(30)16-32-25-28-27-24(29(25)15-21-5-4-12-31-21)14-26-22-11-8-18(2)13-19(22)3/h4-13,26H,14-16H2,1-3H3. The van der Waals surface area contributed by atoms with E-state index in [-0.39, 0.29) is 5.78 Å². The summed E-state index contributed by atoms with van der Waals surface area (Å²) in [7, 11) is 0. The van der Waals surface area contributed by atoms with Gasteiger partial charge >= 0.3 is 0 Å². The van der Waals surface area contributed by atoms with Crippen LogP contribution in [0.25, 0.3) is 0 Å². The third-order valence-electron chi connectivity index (χ3n) is 5.21. The summed E-state index contributed by atoms with van der Waals surface area (Å²) in [6.45, 7) is 7.20. The molecule has 2 aromatic carbocycles. The van der Waals surface area contributed by atoms with Crippen LogP contribution < -0.4 is 5.32 Å². The lowest BCUT2D eigenvalue weighted by molar-refractivity contribution is 0.102. The van der Waals surface area contributed by atoms with E-state index >= 15 is 0 Å². The third kappa shape index (κ3) is 5.29. The maximum atomic E-state index is 12.6. The van der Waals surface area contributed by atoms with Gasteiger partial charge < -0.3 is 9.73 Å². The highest BCUT2D eigenvalue weighted by Gasteiger charge is 2.16. The van der Waals surface area contributed by atoms with Gasteiger partial charge in [-0.3, -0.25) is 9.36 Å². The van der Waals surface area contributed by atoms with Crippen LogP contribution in [0.4, 0.5) is 5.69 Å². The van der Waals surface area contributed by atoms with Crippen molar-refractivity contribution in [3.8, 4) is 0 Å². The molecule has 0 spiro atoms. The molecule has 2 aromatic heterocycles. The van der Waals surface area contributed by atoms with Crippen LogP contribution in [0.15, 0.2) is 70.4 Å². The number of Topliss-reactive ketones (excluding diaryl/α,β-unsaturated/α-hetero) is 1. The van der Waals surface area contributed by atoms with Gasteiger partial charge in [-0.1, -0.05) is 59.3 Å². The normalized spacial score (nSPS) is 11.0.